The molecule has 1 aromatic heterocycles. The molecule has 0 unspecified atom stereocenters. The number of ether oxygens (including phenoxy) is 1. The van der Waals surface area contributed by atoms with Crippen molar-refractivity contribution in [2.24, 2.45) is 0 Å². The molecule has 1 saturated heterocycles. The van der Waals surface area contributed by atoms with E-state index >= 15 is 0 Å². The highest BCUT2D eigenvalue weighted by atomic mass is 16.5. The third-order valence-corrected chi connectivity index (χ3v) is 6.26. The van der Waals surface area contributed by atoms with Gasteiger partial charge >= 0.3 is 0 Å². The van der Waals surface area contributed by atoms with E-state index in [0.717, 1.165) is 23.3 Å². The largest absolute Gasteiger partial charge is 0.497 e. The Kier molecular flexibility index (Phi) is 6.67. The van der Waals surface area contributed by atoms with Crippen molar-refractivity contribution in [2.75, 3.05) is 50.1 Å². The van der Waals surface area contributed by atoms with Crippen LogP contribution in [0.15, 0.2) is 24.3 Å². The van der Waals surface area contributed by atoms with E-state index in [1.54, 1.807) is 14.0 Å². The van der Waals surface area contributed by atoms with Gasteiger partial charge in [-0.3, -0.25) is 9.59 Å². The molecular weight excluding hydrogens is 420 g/mol. The molecule has 0 saturated carbocycles. The fraction of sp³-hybridized carbons (Fsp3) is 0.500. The molecule has 0 aliphatic carbocycles. The van der Waals surface area contributed by atoms with E-state index in [0.29, 0.717) is 56.7 Å². The van der Waals surface area contributed by atoms with Gasteiger partial charge in [0.25, 0.3) is 5.91 Å². The first-order chi connectivity index (χ1) is 15.9. The van der Waals surface area contributed by atoms with Gasteiger partial charge in [0.15, 0.2) is 0 Å². The van der Waals surface area contributed by atoms with E-state index < -0.39 is 0 Å². The number of amides is 2. The summed E-state index contributed by atoms with van der Waals surface area (Å²) >= 11 is 0. The predicted octanol–water partition coefficient (Wildman–Crippen LogP) is 2.17. The second-order valence-corrected chi connectivity index (χ2v) is 8.75. The smallest absolute Gasteiger partial charge is 0.273 e. The summed E-state index contributed by atoms with van der Waals surface area (Å²) < 4.78 is 5.32. The number of fused-ring (bicyclic) bond motifs is 1. The molecule has 2 aromatic rings. The predicted molar refractivity (Wildman–Crippen MR) is 127 cm³/mol. The van der Waals surface area contributed by atoms with Crippen molar-refractivity contribution in [1.82, 2.24) is 19.8 Å². The Hall–Kier alpha value is -3.36. The van der Waals surface area contributed by atoms with Gasteiger partial charge in [-0.1, -0.05) is 12.1 Å². The molecule has 2 aliphatic rings. The standard InChI is InChI=1S/C24H32N6O3/c1-16(2)30-15-20-21(23(30)32)26-24(29-12-10-28(11-13-29)17(3)31)27-22(20)25-9-8-18-6-5-7-19(14-18)33-4/h5-7,14,16H,8-13,15H2,1-4H3,(H,25,26,27). The number of methoxy groups -OCH3 is 1. The minimum atomic E-state index is -0.0538. The quantitative estimate of drug-likeness (QED) is 0.688. The number of carbonyl (C=O) groups excluding carboxylic acids is 2. The van der Waals surface area contributed by atoms with Crippen LogP contribution in [-0.4, -0.2) is 77.5 Å². The molecule has 33 heavy (non-hydrogen) atoms. The maximum absolute atomic E-state index is 13.1. The zero-order valence-corrected chi connectivity index (χ0v) is 19.8. The number of carbonyl (C=O) groups is 2. The van der Waals surface area contributed by atoms with E-state index in [9.17, 15) is 9.59 Å². The van der Waals surface area contributed by atoms with Crippen LogP contribution in [0.25, 0.3) is 0 Å². The SMILES string of the molecule is COc1cccc(CCNc2nc(N3CCN(C(C)=O)CC3)nc3c2CN(C(C)C)C3=O)c1. The highest BCUT2D eigenvalue weighted by Gasteiger charge is 2.35. The molecule has 0 atom stereocenters. The molecule has 1 fully saturated rings. The highest BCUT2D eigenvalue weighted by molar-refractivity contribution is 5.98. The lowest BCUT2D eigenvalue weighted by atomic mass is 10.1. The summed E-state index contributed by atoms with van der Waals surface area (Å²) in [6.45, 7) is 9.32. The van der Waals surface area contributed by atoms with Crippen molar-refractivity contribution >= 4 is 23.6 Å². The van der Waals surface area contributed by atoms with Gasteiger partial charge in [-0.25, -0.2) is 4.98 Å². The second kappa shape index (κ2) is 9.64. The van der Waals surface area contributed by atoms with E-state index in [4.69, 9.17) is 9.72 Å². The van der Waals surface area contributed by atoms with Crippen LogP contribution in [0.1, 0.15) is 42.4 Å². The Bertz CT molecular complexity index is 1030. The molecule has 9 nitrogen and oxygen atoms in total. The molecule has 1 N–H and O–H groups in total. The van der Waals surface area contributed by atoms with E-state index in [1.165, 1.54) is 0 Å². The number of benzene rings is 1. The number of nitrogens with zero attached hydrogens (tertiary/aromatic N) is 5. The average molecular weight is 453 g/mol. The van der Waals surface area contributed by atoms with Crippen molar-refractivity contribution in [1.29, 1.82) is 0 Å². The number of aromatic nitrogens is 2. The van der Waals surface area contributed by atoms with Gasteiger partial charge in [-0.15, -0.1) is 0 Å². The van der Waals surface area contributed by atoms with E-state index in [1.807, 2.05) is 41.8 Å². The third-order valence-electron chi connectivity index (χ3n) is 6.26. The van der Waals surface area contributed by atoms with Crippen LogP contribution in [-0.2, 0) is 17.8 Å². The molecule has 4 rings (SSSR count). The van der Waals surface area contributed by atoms with Gasteiger partial charge in [0.05, 0.1) is 13.7 Å². The number of rotatable bonds is 7. The van der Waals surface area contributed by atoms with Gasteiger partial charge < -0.3 is 24.8 Å². The molecule has 2 amide bonds. The maximum atomic E-state index is 13.1. The molecule has 176 valence electrons. The van der Waals surface area contributed by atoms with Crippen LogP contribution in [0, 0.1) is 0 Å². The first kappa shape index (κ1) is 22.8. The normalized spacial score (nSPS) is 15.8. The van der Waals surface area contributed by atoms with Crippen LogP contribution in [0.4, 0.5) is 11.8 Å². The average Bonchev–Trinajstić information content (AvgIpc) is 3.16. The zero-order chi connectivity index (χ0) is 23.5. The Morgan fingerprint density at radius 1 is 1.18 bits per heavy atom. The summed E-state index contributed by atoms with van der Waals surface area (Å²) in [5.41, 5.74) is 2.49. The lowest BCUT2D eigenvalue weighted by Gasteiger charge is -2.34. The van der Waals surface area contributed by atoms with Crippen LogP contribution in [0.2, 0.25) is 0 Å². The molecule has 0 bridgehead atoms. The third kappa shape index (κ3) is 4.86. The number of hydrogen-bond donors (Lipinski definition) is 1. The number of anilines is 2. The van der Waals surface area contributed by atoms with Crippen molar-refractivity contribution in [3.05, 3.63) is 41.1 Å². The summed E-state index contributed by atoms with van der Waals surface area (Å²) in [7, 11) is 1.66. The van der Waals surface area contributed by atoms with Gasteiger partial charge in [0.2, 0.25) is 11.9 Å². The van der Waals surface area contributed by atoms with Crippen molar-refractivity contribution in [3.63, 3.8) is 0 Å². The van der Waals surface area contributed by atoms with E-state index in [2.05, 4.69) is 21.3 Å². The van der Waals surface area contributed by atoms with Crippen LogP contribution >= 0.6 is 0 Å². The highest BCUT2D eigenvalue weighted by Crippen LogP contribution is 2.30. The molecular formula is C24H32N6O3. The summed E-state index contributed by atoms with van der Waals surface area (Å²) in [5, 5.41) is 3.46. The topological polar surface area (TPSA) is 90.9 Å². The number of nitrogens with one attached hydrogen (secondary N) is 1. The molecule has 0 radical (unpaired) electrons. The maximum Gasteiger partial charge on any atom is 0.273 e. The lowest BCUT2D eigenvalue weighted by Crippen LogP contribution is -2.48. The fourth-order valence-electron chi connectivity index (χ4n) is 4.26. The summed E-state index contributed by atoms with van der Waals surface area (Å²) in [6.07, 6.45) is 0.796. The Balaban J connectivity index is 1.55. The van der Waals surface area contributed by atoms with Crippen LogP contribution in [0.3, 0.4) is 0 Å². The second-order valence-electron chi connectivity index (χ2n) is 8.75. The molecule has 2 aliphatic heterocycles. The minimum Gasteiger partial charge on any atom is -0.497 e. The van der Waals surface area contributed by atoms with Crippen LogP contribution < -0.4 is 15.0 Å². The first-order valence-electron chi connectivity index (χ1n) is 11.5. The Labute approximate surface area is 194 Å². The van der Waals surface area contributed by atoms with Crippen molar-refractivity contribution in [2.45, 2.75) is 39.8 Å². The van der Waals surface area contributed by atoms with Crippen molar-refractivity contribution < 1.29 is 14.3 Å². The van der Waals surface area contributed by atoms with Gasteiger partial charge in [0.1, 0.15) is 17.3 Å². The Morgan fingerprint density at radius 2 is 1.94 bits per heavy atom. The summed E-state index contributed by atoms with van der Waals surface area (Å²) in [6, 6.07) is 8.08. The first-order valence-corrected chi connectivity index (χ1v) is 11.5. The summed E-state index contributed by atoms with van der Waals surface area (Å²) in [4.78, 5) is 39.9. The molecule has 1 aromatic carbocycles. The fourth-order valence-corrected chi connectivity index (χ4v) is 4.26. The molecule has 0 spiro atoms. The molecule has 3 heterocycles. The van der Waals surface area contributed by atoms with E-state index in [-0.39, 0.29) is 17.9 Å². The zero-order valence-electron chi connectivity index (χ0n) is 19.8. The summed E-state index contributed by atoms with van der Waals surface area (Å²) in [5.74, 6) is 2.11. The monoisotopic (exact) mass is 452 g/mol. The number of piperazine rings is 1. The van der Waals surface area contributed by atoms with Gasteiger partial charge in [-0.2, -0.15) is 4.98 Å². The molecule has 9 heteroatoms. The van der Waals surface area contributed by atoms with Gasteiger partial charge in [0, 0.05) is 51.3 Å². The van der Waals surface area contributed by atoms with Gasteiger partial charge in [-0.05, 0) is 38.0 Å². The van der Waals surface area contributed by atoms with Crippen LogP contribution in [0.5, 0.6) is 5.75 Å². The Morgan fingerprint density at radius 3 is 2.61 bits per heavy atom. The van der Waals surface area contributed by atoms with Crippen molar-refractivity contribution in [3.8, 4) is 5.75 Å². The lowest BCUT2D eigenvalue weighted by molar-refractivity contribution is -0.129. The minimum absolute atomic E-state index is 0.0538. The number of hydrogen-bond acceptors (Lipinski definition) is 7.